The summed E-state index contributed by atoms with van der Waals surface area (Å²) in [6, 6.07) is 23.3. The molecule has 154 valence electrons. The van der Waals surface area contributed by atoms with Crippen molar-refractivity contribution < 1.29 is 14.3 Å². The molecule has 2 heterocycles. The zero-order chi connectivity index (χ0) is 21.2. The van der Waals surface area contributed by atoms with E-state index in [4.69, 9.17) is 19.4 Å². The van der Waals surface area contributed by atoms with Gasteiger partial charge >= 0.3 is 5.97 Å². The third-order valence-corrected chi connectivity index (χ3v) is 5.33. The Hall–Kier alpha value is -3.93. The number of nitrogens with zero attached hydrogens (tertiary/aromatic N) is 3. The lowest BCUT2D eigenvalue weighted by Gasteiger charge is -2.09. The van der Waals surface area contributed by atoms with Crippen LogP contribution in [0.1, 0.15) is 5.56 Å². The predicted octanol–water partition coefficient (Wildman–Crippen LogP) is 4.53. The summed E-state index contributed by atoms with van der Waals surface area (Å²) >= 11 is 0. The third-order valence-electron chi connectivity index (χ3n) is 5.33. The van der Waals surface area contributed by atoms with E-state index in [0.717, 1.165) is 44.4 Å². The van der Waals surface area contributed by atoms with Crippen LogP contribution in [0.5, 0.6) is 5.75 Å². The summed E-state index contributed by atoms with van der Waals surface area (Å²) in [7, 11) is 1.65. The van der Waals surface area contributed by atoms with Gasteiger partial charge in [-0.25, -0.2) is 9.97 Å². The molecule has 5 rings (SSSR count). The van der Waals surface area contributed by atoms with Crippen molar-refractivity contribution in [2.24, 2.45) is 0 Å². The van der Waals surface area contributed by atoms with E-state index >= 15 is 0 Å². The van der Waals surface area contributed by atoms with E-state index in [1.807, 2.05) is 72.8 Å². The Balaban J connectivity index is 1.47. The van der Waals surface area contributed by atoms with Crippen LogP contribution in [0.25, 0.3) is 33.1 Å². The van der Waals surface area contributed by atoms with E-state index in [9.17, 15) is 4.79 Å². The molecule has 3 aromatic carbocycles. The molecule has 0 radical (unpaired) electrons. The lowest BCUT2D eigenvalue weighted by atomic mass is 10.2. The lowest BCUT2D eigenvalue weighted by molar-refractivity contribution is -0.143. The molecule has 0 aliphatic heterocycles. The van der Waals surface area contributed by atoms with Crippen molar-refractivity contribution in [1.29, 1.82) is 0 Å². The topological polar surface area (TPSA) is 66.2 Å². The summed E-state index contributed by atoms with van der Waals surface area (Å²) in [5, 5.41) is 0.961. The second-order valence-corrected chi connectivity index (χ2v) is 7.30. The monoisotopic (exact) mass is 411 g/mol. The fourth-order valence-electron chi connectivity index (χ4n) is 3.83. The Morgan fingerprint density at radius 2 is 1.68 bits per heavy atom. The first-order valence-corrected chi connectivity index (χ1v) is 10.2. The van der Waals surface area contributed by atoms with Gasteiger partial charge in [0.05, 0.1) is 36.6 Å². The lowest BCUT2D eigenvalue weighted by Crippen LogP contribution is -2.13. The maximum absolute atomic E-state index is 12.3. The molecule has 0 aliphatic carbocycles. The standard InChI is InChI=1S/C25H21N3O3/c1-30-18-11-12-22-19(16-18)24-25(27-21-10-6-5-9-20(21)26-24)28(22)13-14-31-23(29)15-17-7-3-2-4-8-17/h2-12,16H,13-15H2,1H3. The molecular weight excluding hydrogens is 390 g/mol. The molecule has 5 aromatic rings. The first kappa shape index (κ1) is 19.1. The number of ether oxygens (including phenoxy) is 2. The van der Waals surface area contributed by atoms with Gasteiger partial charge in [-0.3, -0.25) is 4.79 Å². The van der Waals surface area contributed by atoms with Gasteiger partial charge in [0.15, 0.2) is 5.65 Å². The number of carbonyl (C=O) groups is 1. The second-order valence-electron chi connectivity index (χ2n) is 7.30. The van der Waals surface area contributed by atoms with Gasteiger partial charge in [0, 0.05) is 5.39 Å². The van der Waals surface area contributed by atoms with Crippen LogP contribution in [0.15, 0.2) is 72.8 Å². The molecule has 0 saturated carbocycles. The van der Waals surface area contributed by atoms with Crippen LogP contribution >= 0.6 is 0 Å². The average Bonchev–Trinajstić information content (AvgIpc) is 3.10. The molecule has 0 atom stereocenters. The fraction of sp³-hybridized carbons (Fsp3) is 0.160. The first-order chi connectivity index (χ1) is 15.2. The summed E-state index contributed by atoms with van der Waals surface area (Å²) in [6.45, 7) is 0.741. The van der Waals surface area contributed by atoms with E-state index in [0.29, 0.717) is 6.54 Å². The van der Waals surface area contributed by atoms with Gasteiger partial charge in [-0.05, 0) is 35.9 Å². The minimum atomic E-state index is -0.245. The molecule has 0 aliphatic rings. The van der Waals surface area contributed by atoms with Gasteiger partial charge in [-0.1, -0.05) is 42.5 Å². The third kappa shape index (κ3) is 3.68. The Morgan fingerprint density at radius 3 is 2.45 bits per heavy atom. The van der Waals surface area contributed by atoms with Gasteiger partial charge in [0.1, 0.15) is 17.9 Å². The van der Waals surface area contributed by atoms with Gasteiger partial charge in [0.2, 0.25) is 0 Å². The number of carbonyl (C=O) groups excluding carboxylic acids is 1. The summed E-state index contributed by atoms with van der Waals surface area (Å²) in [5.41, 5.74) is 5.15. The molecule has 6 heteroatoms. The number of hydrogen-bond donors (Lipinski definition) is 0. The smallest absolute Gasteiger partial charge is 0.310 e. The Kier molecular flexibility index (Phi) is 4.96. The van der Waals surface area contributed by atoms with E-state index < -0.39 is 0 Å². The highest BCUT2D eigenvalue weighted by atomic mass is 16.5. The molecule has 0 unspecified atom stereocenters. The number of fused-ring (bicyclic) bond motifs is 4. The van der Waals surface area contributed by atoms with E-state index in [1.54, 1.807) is 7.11 Å². The quantitative estimate of drug-likeness (QED) is 0.384. The molecule has 0 bridgehead atoms. The molecule has 31 heavy (non-hydrogen) atoms. The van der Waals surface area contributed by atoms with Crippen molar-refractivity contribution in [3.05, 3.63) is 78.4 Å². The van der Waals surface area contributed by atoms with Crippen molar-refractivity contribution in [2.75, 3.05) is 13.7 Å². The van der Waals surface area contributed by atoms with Crippen molar-refractivity contribution in [3.8, 4) is 5.75 Å². The average molecular weight is 411 g/mol. The van der Waals surface area contributed by atoms with E-state index in [1.165, 1.54) is 0 Å². The second kappa shape index (κ2) is 8.07. The van der Waals surface area contributed by atoms with Gasteiger partial charge in [-0.15, -0.1) is 0 Å². The predicted molar refractivity (Wildman–Crippen MR) is 120 cm³/mol. The number of aromatic nitrogens is 3. The van der Waals surface area contributed by atoms with Crippen LogP contribution in [0.2, 0.25) is 0 Å². The van der Waals surface area contributed by atoms with Crippen molar-refractivity contribution in [3.63, 3.8) is 0 Å². The van der Waals surface area contributed by atoms with Crippen LogP contribution in [0, 0.1) is 0 Å². The number of rotatable bonds is 6. The minimum absolute atomic E-state index is 0.245. The van der Waals surface area contributed by atoms with Crippen LogP contribution in [-0.4, -0.2) is 34.2 Å². The van der Waals surface area contributed by atoms with Crippen molar-refractivity contribution in [1.82, 2.24) is 14.5 Å². The Labute approximate surface area is 179 Å². The van der Waals surface area contributed by atoms with E-state index in [2.05, 4.69) is 4.57 Å². The number of benzene rings is 3. The zero-order valence-electron chi connectivity index (χ0n) is 17.1. The zero-order valence-corrected chi connectivity index (χ0v) is 17.1. The molecule has 2 aromatic heterocycles. The summed E-state index contributed by atoms with van der Waals surface area (Å²) in [4.78, 5) is 22.0. The maximum Gasteiger partial charge on any atom is 0.310 e. The Bertz CT molecular complexity index is 1390. The maximum atomic E-state index is 12.3. The number of hydrogen-bond acceptors (Lipinski definition) is 5. The molecule has 0 spiro atoms. The molecule has 6 nitrogen and oxygen atoms in total. The SMILES string of the molecule is COc1ccc2c(c1)c1nc3ccccc3nc1n2CCOC(=O)Cc1ccccc1. The largest absolute Gasteiger partial charge is 0.497 e. The summed E-state index contributed by atoms with van der Waals surface area (Å²) in [5.74, 6) is 0.515. The number of para-hydroxylation sites is 2. The molecule has 0 N–H and O–H groups in total. The minimum Gasteiger partial charge on any atom is -0.497 e. The normalized spacial score (nSPS) is 11.3. The highest BCUT2D eigenvalue weighted by Gasteiger charge is 2.16. The summed E-state index contributed by atoms with van der Waals surface area (Å²) in [6.07, 6.45) is 0.260. The highest BCUT2D eigenvalue weighted by molar-refractivity contribution is 6.07. The molecule has 0 fully saturated rings. The van der Waals surface area contributed by atoms with E-state index in [-0.39, 0.29) is 19.0 Å². The van der Waals surface area contributed by atoms with Crippen LogP contribution in [0.4, 0.5) is 0 Å². The molecule has 0 saturated heterocycles. The van der Waals surface area contributed by atoms with Crippen molar-refractivity contribution in [2.45, 2.75) is 13.0 Å². The number of esters is 1. The number of methoxy groups -OCH3 is 1. The molecular formula is C25H21N3O3. The fourth-order valence-corrected chi connectivity index (χ4v) is 3.83. The van der Waals surface area contributed by atoms with Crippen LogP contribution in [-0.2, 0) is 22.5 Å². The highest BCUT2D eigenvalue weighted by Crippen LogP contribution is 2.31. The van der Waals surface area contributed by atoms with Gasteiger partial charge < -0.3 is 14.0 Å². The first-order valence-electron chi connectivity index (χ1n) is 10.2. The van der Waals surface area contributed by atoms with Gasteiger partial charge in [0.25, 0.3) is 0 Å². The summed E-state index contributed by atoms with van der Waals surface area (Å²) < 4.78 is 13.0. The Morgan fingerprint density at radius 1 is 0.935 bits per heavy atom. The van der Waals surface area contributed by atoms with Gasteiger partial charge in [-0.2, -0.15) is 0 Å². The van der Waals surface area contributed by atoms with Crippen LogP contribution < -0.4 is 4.74 Å². The van der Waals surface area contributed by atoms with Crippen molar-refractivity contribution >= 4 is 39.1 Å². The van der Waals surface area contributed by atoms with Crippen LogP contribution in [0.3, 0.4) is 0 Å². The molecule has 0 amide bonds.